The van der Waals surface area contributed by atoms with Crippen molar-refractivity contribution >= 4 is 6.29 Å². The number of aldehydes is 1. The lowest BCUT2D eigenvalue weighted by Gasteiger charge is -2.08. The fourth-order valence-corrected chi connectivity index (χ4v) is 1.53. The van der Waals surface area contributed by atoms with Crippen molar-refractivity contribution in [3.63, 3.8) is 0 Å². The van der Waals surface area contributed by atoms with Crippen LogP contribution < -0.4 is 9.47 Å². The molecule has 5 nitrogen and oxygen atoms in total. The molecule has 0 radical (unpaired) electrons. The van der Waals surface area contributed by atoms with E-state index in [1.54, 1.807) is 32.4 Å². The number of carbonyl (C=O) groups excluding carboxylic acids is 1. The molecule has 1 heterocycles. The Morgan fingerprint density at radius 2 is 2.12 bits per heavy atom. The van der Waals surface area contributed by atoms with Gasteiger partial charge in [0, 0.05) is 0 Å². The van der Waals surface area contributed by atoms with Crippen LogP contribution in [0, 0.1) is 0 Å². The third-order valence-corrected chi connectivity index (χ3v) is 2.39. The quantitative estimate of drug-likeness (QED) is 0.757. The number of nitrogens with zero attached hydrogens (tertiary/aromatic N) is 1. The van der Waals surface area contributed by atoms with Crippen LogP contribution in [0.2, 0.25) is 0 Å². The first kappa shape index (κ1) is 11.2. The summed E-state index contributed by atoms with van der Waals surface area (Å²) in [5, 5.41) is 3.80. The second kappa shape index (κ2) is 4.69. The minimum Gasteiger partial charge on any atom is -0.497 e. The molecule has 0 aliphatic heterocycles. The molecule has 0 saturated carbocycles. The lowest BCUT2D eigenvalue weighted by atomic mass is 10.1. The number of methoxy groups -OCH3 is 2. The van der Waals surface area contributed by atoms with Gasteiger partial charge >= 0.3 is 0 Å². The third kappa shape index (κ3) is 1.99. The molecule has 0 aliphatic rings. The van der Waals surface area contributed by atoms with Crippen LogP contribution in [0.3, 0.4) is 0 Å². The predicted octanol–water partition coefficient (Wildman–Crippen LogP) is 2.17. The Balaban J connectivity index is 2.59. The maximum Gasteiger partial charge on any atom is 0.155 e. The van der Waals surface area contributed by atoms with E-state index in [0.717, 1.165) is 0 Å². The van der Waals surface area contributed by atoms with Crippen molar-refractivity contribution in [3.8, 4) is 22.8 Å². The predicted molar refractivity (Wildman–Crippen MR) is 60.4 cm³/mol. The fourth-order valence-electron chi connectivity index (χ4n) is 1.53. The summed E-state index contributed by atoms with van der Waals surface area (Å²) in [6.45, 7) is 0. The lowest BCUT2D eigenvalue weighted by molar-refractivity contribution is 0.112. The van der Waals surface area contributed by atoms with Crippen molar-refractivity contribution in [2.24, 2.45) is 0 Å². The molecule has 0 N–H and O–H groups in total. The first-order valence-corrected chi connectivity index (χ1v) is 4.92. The number of aromatic nitrogens is 1. The van der Waals surface area contributed by atoms with Gasteiger partial charge in [0.05, 0.1) is 25.3 Å². The van der Waals surface area contributed by atoms with Crippen molar-refractivity contribution in [3.05, 3.63) is 30.0 Å². The molecule has 0 aliphatic carbocycles. The van der Waals surface area contributed by atoms with Crippen LogP contribution in [0.4, 0.5) is 0 Å². The summed E-state index contributed by atoms with van der Waals surface area (Å²) in [6, 6.07) is 5.25. The van der Waals surface area contributed by atoms with Gasteiger partial charge in [-0.2, -0.15) is 0 Å². The van der Waals surface area contributed by atoms with E-state index in [9.17, 15) is 4.79 Å². The average molecular weight is 233 g/mol. The minimum absolute atomic E-state index is 0.372. The molecular weight excluding hydrogens is 222 g/mol. The second-order valence-corrected chi connectivity index (χ2v) is 3.30. The van der Waals surface area contributed by atoms with E-state index in [1.165, 1.54) is 6.26 Å². The van der Waals surface area contributed by atoms with E-state index in [2.05, 4.69) is 5.16 Å². The molecular formula is C12H11NO4. The van der Waals surface area contributed by atoms with Gasteiger partial charge < -0.3 is 14.0 Å². The van der Waals surface area contributed by atoms with Gasteiger partial charge in [0.15, 0.2) is 6.29 Å². The summed E-state index contributed by atoms with van der Waals surface area (Å²) in [5.74, 6) is 1.25. The van der Waals surface area contributed by atoms with Crippen molar-refractivity contribution in [2.45, 2.75) is 0 Å². The normalized spacial score (nSPS) is 10.0. The van der Waals surface area contributed by atoms with Crippen LogP contribution in [-0.4, -0.2) is 25.7 Å². The summed E-state index contributed by atoms with van der Waals surface area (Å²) in [4.78, 5) is 10.8. The van der Waals surface area contributed by atoms with E-state index in [-0.39, 0.29) is 0 Å². The number of benzene rings is 1. The average Bonchev–Trinajstić information content (AvgIpc) is 2.86. The number of ether oxygens (including phenoxy) is 2. The zero-order valence-corrected chi connectivity index (χ0v) is 9.47. The number of rotatable bonds is 4. The molecule has 0 bridgehead atoms. The lowest BCUT2D eigenvalue weighted by Crippen LogP contribution is -1.92. The number of hydrogen-bond donors (Lipinski definition) is 0. The van der Waals surface area contributed by atoms with E-state index >= 15 is 0 Å². The van der Waals surface area contributed by atoms with Gasteiger partial charge in [0.1, 0.15) is 23.5 Å². The molecule has 1 aromatic carbocycles. The highest BCUT2D eigenvalue weighted by molar-refractivity contribution is 5.87. The molecule has 5 heteroatoms. The maximum absolute atomic E-state index is 10.8. The Kier molecular flexibility index (Phi) is 3.09. The molecule has 0 fully saturated rings. The molecule has 17 heavy (non-hydrogen) atoms. The monoisotopic (exact) mass is 233 g/mol. The second-order valence-electron chi connectivity index (χ2n) is 3.30. The third-order valence-electron chi connectivity index (χ3n) is 2.39. The molecule has 0 unspecified atom stereocenters. The van der Waals surface area contributed by atoms with Gasteiger partial charge in [-0.1, -0.05) is 5.16 Å². The molecule has 1 aromatic heterocycles. The highest BCUT2D eigenvalue weighted by atomic mass is 16.5. The standard InChI is InChI=1S/C12H11NO4/c1-15-9-3-4-11(16-2)10(5-9)12-8(6-14)7-17-13-12/h3-7H,1-2H3. The topological polar surface area (TPSA) is 61.6 Å². The van der Waals surface area contributed by atoms with Crippen LogP contribution >= 0.6 is 0 Å². The largest absolute Gasteiger partial charge is 0.497 e. The highest BCUT2D eigenvalue weighted by Crippen LogP contribution is 2.33. The molecule has 0 amide bonds. The molecule has 0 atom stereocenters. The Bertz CT molecular complexity index is 533. The Hall–Kier alpha value is -2.30. The number of carbonyl (C=O) groups is 1. The van der Waals surface area contributed by atoms with Gasteiger partial charge in [0.2, 0.25) is 0 Å². The van der Waals surface area contributed by atoms with Crippen LogP contribution in [0.25, 0.3) is 11.3 Å². The van der Waals surface area contributed by atoms with Gasteiger partial charge in [-0.05, 0) is 18.2 Å². The Morgan fingerprint density at radius 1 is 1.29 bits per heavy atom. The summed E-state index contributed by atoms with van der Waals surface area (Å²) in [5.41, 5.74) is 1.47. The molecule has 0 spiro atoms. The minimum atomic E-state index is 0.372. The molecule has 0 saturated heterocycles. The zero-order chi connectivity index (χ0) is 12.3. The van der Waals surface area contributed by atoms with E-state index in [1.807, 2.05) is 0 Å². The smallest absolute Gasteiger partial charge is 0.155 e. The summed E-state index contributed by atoms with van der Waals surface area (Å²) < 4.78 is 15.1. The summed E-state index contributed by atoms with van der Waals surface area (Å²) in [6.07, 6.45) is 1.98. The van der Waals surface area contributed by atoms with Gasteiger partial charge in [-0.25, -0.2) is 0 Å². The van der Waals surface area contributed by atoms with Crippen LogP contribution in [0.1, 0.15) is 10.4 Å². The van der Waals surface area contributed by atoms with Crippen LogP contribution in [0.5, 0.6) is 11.5 Å². The van der Waals surface area contributed by atoms with Gasteiger partial charge in [-0.3, -0.25) is 4.79 Å². The molecule has 88 valence electrons. The van der Waals surface area contributed by atoms with E-state index in [0.29, 0.717) is 34.6 Å². The molecule has 2 rings (SSSR count). The SMILES string of the molecule is COc1ccc(OC)c(-c2nocc2C=O)c1. The van der Waals surface area contributed by atoms with Crippen LogP contribution in [0.15, 0.2) is 29.0 Å². The number of hydrogen-bond acceptors (Lipinski definition) is 5. The van der Waals surface area contributed by atoms with Crippen molar-refractivity contribution < 1.29 is 18.8 Å². The summed E-state index contributed by atoms with van der Waals surface area (Å²) >= 11 is 0. The van der Waals surface area contributed by atoms with E-state index in [4.69, 9.17) is 14.0 Å². The maximum atomic E-state index is 10.8. The Morgan fingerprint density at radius 3 is 2.76 bits per heavy atom. The Labute approximate surface area is 97.9 Å². The summed E-state index contributed by atoms with van der Waals surface area (Å²) in [7, 11) is 3.11. The van der Waals surface area contributed by atoms with Gasteiger partial charge in [-0.15, -0.1) is 0 Å². The first-order valence-electron chi connectivity index (χ1n) is 4.92. The highest BCUT2D eigenvalue weighted by Gasteiger charge is 2.15. The van der Waals surface area contributed by atoms with Crippen molar-refractivity contribution in [1.29, 1.82) is 0 Å². The van der Waals surface area contributed by atoms with E-state index < -0.39 is 0 Å². The van der Waals surface area contributed by atoms with Crippen molar-refractivity contribution in [2.75, 3.05) is 14.2 Å². The van der Waals surface area contributed by atoms with Crippen LogP contribution in [-0.2, 0) is 0 Å². The first-order chi connectivity index (χ1) is 8.30. The van der Waals surface area contributed by atoms with Gasteiger partial charge in [0.25, 0.3) is 0 Å². The van der Waals surface area contributed by atoms with Crippen molar-refractivity contribution in [1.82, 2.24) is 5.16 Å². The fraction of sp³-hybridized carbons (Fsp3) is 0.167. The molecule has 2 aromatic rings. The zero-order valence-electron chi connectivity index (χ0n) is 9.47.